The molecule has 0 aliphatic rings. The monoisotopic (exact) mass is 352 g/mol. The smallest absolute Gasteiger partial charge is 0.229 e. The summed E-state index contributed by atoms with van der Waals surface area (Å²) in [4.78, 5) is 8.71. The summed E-state index contributed by atoms with van der Waals surface area (Å²) in [5.74, 6) is 2.79. The Balaban J connectivity index is 1.84. The zero-order valence-corrected chi connectivity index (χ0v) is 14.8. The maximum Gasteiger partial charge on any atom is 0.229 e. The number of anilines is 4. The van der Waals surface area contributed by atoms with E-state index in [-0.39, 0.29) is 0 Å². The molecule has 3 aromatic rings. The summed E-state index contributed by atoms with van der Waals surface area (Å²) in [6.45, 7) is 0. The molecule has 0 aliphatic heterocycles. The Morgan fingerprint density at radius 1 is 0.769 bits per heavy atom. The quantitative estimate of drug-likeness (QED) is 0.666. The summed E-state index contributed by atoms with van der Waals surface area (Å²) in [5, 5.41) is 6.39. The van der Waals surface area contributed by atoms with Gasteiger partial charge in [-0.05, 0) is 18.2 Å². The van der Waals surface area contributed by atoms with Gasteiger partial charge in [0.05, 0.1) is 21.3 Å². The minimum Gasteiger partial charge on any atom is -0.493 e. The van der Waals surface area contributed by atoms with Crippen LogP contribution in [0.3, 0.4) is 0 Å². The van der Waals surface area contributed by atoms with Crippen LogP contribution in [0.25, 0.3) is 0 Å². The van der Waals surface area contributed by atoms with Gasteiger partial charge in [-0.2, -0.15) is 4.98 Å². The highest BCUT2D eigenvalue weighted by molar-refractivity contribution is 5.67. The van der Waals surface area contributed by atoms with Crippen LogP contribution in [0.2, 0.25) is 0 Å². The average molecular weight is 352 g/mol. The Morgan fingerprint density at radius 3 is 2.08 bits per heavy atom. The van der Waals surface area contributed by atoms with Crippen molar-refractivity contribution in [3.05, 3.63) is 54.7 Å². The molecule has 0 atom stereocenters. The van der Waals surface area contributed by atoms with E-state index in [0.717, 1.165) is 11.4 Å². The average Bonchev–Trinajstić information content (AvgIpc) is 2.68. The highest BCUT2D eigenvalue weighted by atomic mass is 16.5. The fourth-order valence-corrected chi connectivity index (χ4v) is 2.44. The number of rotatable bonds is 7. The van der Waals surface area contributed by atoms with Gasteiger partial charge in [-0.15, -0.1) is 0 Å². The molecule has 2 aromatic carbocycles. The van der Waals surface area contributed by atoms with E-state index < -0.39 is 0 Å². The van der Waals surface area contributed by atoms with E-state index in [1.807, 2.05) is 42.5 Å². The summed E-state index contributed by atoms with van der Waals surface area (Å²) < 4.78 is 16.1. The van der Waals surface area contributed by atoms with Crippen LogP contribution in [-0.4, -0.2) is 31.3 Å². The fraction of sp³-hybridized carbons (Fsp3) is 0.158. The Hall–Kier alpha value is -3.48. The van der Waals surface area contributed by atoms with E-state index in [0.29, 0.717) is 29.0 Å². The summed E-state index contributed by atoms with van der Waals surface area (Å²) in [7, 11) is 4.72. The van der Waals surface area contributed by atoms with Crippen molar-refractivity contribution in [2.75, 3.05) is 32.0 Å². The van der Waals surface area contributed by atoms with Gasteiger partial charge in [0.15, 0.2) is 11.5 Å². The number of aromatic nitrogens is 2. The number of ether oxygens (including phenoxy) is 3. The van der Waals surface area contributed by atoms with Gasteiger partial charge in [0.2, 0.25) is 11.7 Å². The molecule has 0 saturated heterocycles. The second kappa shape index (κ2) is 8.06. The molecule has 0 aliphatic carbocycles. The highest BCUT2D eigenvalue weighted by Gasteiger charge is 2.13. The molecule has 0 fully saturated rings. The van der Waals surface area contributed by atoms with Crippen molar-refractivity contribution in [1.29, 1.82) is 0 Å². The molecule has 0 bridgehead atoms. The van der Waals surface area contributed by atoms with Gasteiger partial charge in [-0.3, -0.25) is 0 Å². The van der Waals surface area contributed by atoms with Crippen LogP contribution in [0.1, 0.15) is 0 Å². The topological polar surface area (TPSA) is 77.5 Å². The molecule has 0 radical (unpaired) electrons. The zero-order valence-electron chi connectivity index (χ0n) is 14.8. The van der Waals surface area contributed by atoms with Crippen molar-refractivity contribution in [2.45, 2.75) is 0 Å². The van der Waals surface area contributed by atoms with Crippen molar-refractivity contribution < 1.29 is 14.2 Å². The van der Waals surface area contributed by atoms with Crippen molar-refractivity contribution in [3.8, 4) is 17.2 Å². The molecule has 134 valence electrons. The van der Waals surface area contributed by atoms with Crippen LogP contribution >= 0.6 is 0 Å². The van der Waals surface area contributed by atoms with E-state index in [1.54, 1.807) is 33.6 Å². The maximum absolute atomic E-state index is 5.37. The van der Waals surface area contributed by atoms with Crippen LogP contribution < -0.4 is 24.8 Å². The van der Waals surface area contributed by atoms with Crippen LogP contribution in [0, 0.1) is 0 Å². The van der Waals surface area contributed by atoms with Gasteiger partial charge in [0, 0.05) is 29.7 Å². The second-order valence-corrected chi connectivity index (χ2v) is 5.30. The third-order valence-electron chi connectivity index (χ3n) is 3.62. The maximum atomic E-state index is 5.37. The molecular weight excluding hydrogens is 332 g/mol. The SMILES string of the molecule is COc1cc(Nc2ccnc(Nc3ccccc3)n2)cc(OC)c1OC. The second-order valence-electron chi connectivity index (χ2n) is 5.30. The lowest BCUT2D eigenvalue weighted by molar-refractivity contribution is 0.324. The number of benzene rings is 2. The number of hydrogen-bond acceptors (Lipinski definition) is 7. The standard InChI is InChI=1S/C19H20N4O3/c1-24-15-11-14(12-16(25-2)18(15)26-3)21-17-9-10-20-19(23-17)22-13-7-5-4-6-8-13/h4-12H,1-3H3,(H2,20,21,22,23). The number of methoxy groups -OCH3 is 3. The lowest BCUT2D eigenvalue weighted by Crippen LogP contribution is -2.01. The van der Waals surface area contributed by atoms with Crippen molar-refractivity contribution >= 4 is 23.1 Å². The van der Waals surface area contributed by atoms with E-state index in [9.17, 15) is 0 Å². The minimum atomic E-state index is 0.494. The van der Waals surface area contributed by atoms with Gasteiger partial charge in [0.25, 0.3) is 0 Å². The van der Waals surface area contributed by atoms with Crippen molar-refractivity contribution in [3.63, 3.8) is 0 Å². The molecule has 1 heterocycles. The van der Waals surface area contributed by atoms with Crippen molar-refractivity contribution in [1.82, 2.24) is 9.97 Å². The van der Waals surface area contributed by atoms with E-state index in [4.69, 9.17) is 14.2 Å². The third-order valence-corrected chi connectivity index (χ3v) is 3.62. The molecule has 0 spiro atoms. The number of nitrogens with zero attached hydrogens (tertiary/aromatic N) is 2. The van der Waals surface area contributed by atoms with E-state index in [1.165, 1.54) is 0 Å². The number of nitrogens with one attached hydrogen (secondary N) is 2. The largest absolute Gasteiger partial charge is 0.493 e. The molecule has 1 aromatic heterocycles. The predicted molar refractivity (Wildman–Crippen MR) is 101 cm³/mol. The molecule has 0 amide bonds. The first-order chi connectivity index (χ1) is 12.7. The molecule has 26 heavy (non-hydrogen) atoms. The van der Waals surface area contributed by atoms with Crippen LogP contribution in [0.5, 0.6) is 17.2 Å². The Labute approximate surface area is 152 Å². The molecular formula is C19H20N4O3. The summed E-state index contributed by atoms with van der Waals surface area (Å²) in [5.41, 5.74) is 1.67. The van der Waals surface area contributed by atoms with Gasteiger partial charge in [-0.1, -0.05) is 18.2 Å². The Morgan fingerprint density at radius 2 is 1.46 bits per heavy atom. The van der Waals surface area contributed by atoms with Crippen molar-refractivity contribution in [2.24, 2.45) is 0 Å². The van der Waals surface area contributed by atoms with Gasteiger partial charge in [-0.25, -0.2) is 4.98 Å². The predicted octanol–water partition coefficient (Wildman–Crippen LogP) is 3.99. The summed E-state index contributed by atoms with van der Waals surface area (Å²) in [6, 6.07) is 15.1. The molecule has 7 heteroatoms. The fourth-order valence-electron chi connectivity index (χ4n) is 2.44. The molecule has 0 saturated carbocycles. The van der Waals surface area contributed by atoms with Crippen LogP contribution in [0.4, 0.5) is 23.1 Å². The molecule has 7 nitrogen and oxygen atoms in total. The Kier molecular flexibility index (Phi) is 5.38. The lowest BCUT2D eigenvalue weighted by atomic mass is 10.2. The first-order valence-electron chi connectivity index (χ1n) is 7.95. The van der Waals surface area contributed by atoms with Gasteiger partial charge >= 0.3 is 0 Å². The molecule has 3 rings (SSSR count). The first kappa shape index (κ1) is 17.3. The highest BCUT2D eigenvalue weighted by Crippen LogP contribution is 2.40. The van der Waals surface area contributed by atoms with Gasteiger partial charge in [0.1, 0.15) is 5.82 Å². The number of para-hydroxylation sites is 1. The number of hydrogen-bond donors (Lipinski definition) is 2. The molecule has 2 N–H and O–H groups in total. The van der Waals surface area contributed by atoms with Gasteiger partial charge < -0.3 is 24.8 Å². The summed E-state index contributed by atoms with van der Waals surface area (Å²) in [6.07, 6.45) is 1.68. The third kappa shape index (κ3) is 3.94. The van der Waals surface area contributed by atoms with E-state index >= 15 is 0 Å². The zero-order chi connectivity index (χ0) is 18.4. The normalized spacial score (nSPS) is 10.1. The van der Waals surface area contributed by atoms with Crippen LogP contribution in [0.15, 0.2) is 54.7 Å². The molecule has 0 unspecified atom stereocenters. The first-order valence-corrected chi connectivity index (χ1v) is 7.95. The Bertz CT molecular complexity index is 847. The van der Waals surface area contributed by atoms with Crippen LogP contribution in [-0.2, 0) is 0 Å². The summed E-state index contributed by atoms with van der Waals surface area (Å²) >= 11 is 0. The minimum absolute atomic E-state index is 0.494. The lowest BCUT2D eigenvalue weighted by Gasteiger charge is -2.15. The van der Waals surface area contributed by atoms with E-state index in [2.05, 4.69) is 20.6 Å².